The Bertz CT molecular complexity index is 982. The SMILES string of the molecule is Fc1ccc(CNc2nc(-n3cccn3)nc3sc(Cl)cc23)cc1. The van der Waals surface area contributed by atoms with Crippen LogP contribution in [0.1, 0.15) is 5.56 Å². The zero-order chi connectivity index (χ0) is 16.5. The van der Waals surface area contributed by atoms with Crippen molar-refractivity contribution in [1.29, 1.82) is 0 Å². The van der Waals surface area contributed by atoms with Crippen LogP contribution in [0.2, 0.25) is 4.34 Å². The summed E-state index contributed by atoms with van der Waals surface area (Å²) in [6, 6.07) is 9.97. The number of halogens is 2. The number of thiophene rings is 1. The molecule has 0 bridgehead atoms. The molecule has 5 nitrogen and oxygen atoms in total. The lowest BCUT2D eigenvalue weighted by molar-refractivity contribution is 0.627. The maximum atomic E-state index is 13.0. The van der Waals surface area contributed by atoms with Gasteiger partial charge in [-0.2, -0.15) is 15.1 Å². The minimum absolute atomic E-state index is 0.256. The Labute approximate surface area is 145 Å². The average Bonchev–Trinajstić information content (AvgIpc) is 3.22. The van der Waals surface area contributed by atoms with E-state index in [9.17, 15) is 4.39 Å². The van der Waals surface area contributed by atoms with Crippen LogP contribution >= 0.6 is 22.9 Å². The van der Waals surface area contributed by atoms with Crippen molar-refractivity contribution in [2.24, 2.45) is 0 Å². The van der Waals surface area contributed by atoms with Crippen molar-refractivity contribution in [3.8, 4) is 5.95 Å². The molecule has 1 aromatic carbocycles. The van der Waals surface area contributed by atoms with Crippen molar-refractivity contribution >= 4 is 39.0 Å². The van der Waals surface area contributed by atoms with E-state index in [2.05, 4.69) is 20.4 Å². The van der Waals surface area contributed by atoms with E-state index in [0.717, 1.165) is 15.8 Å². The van der Waals surface area contributed by atoms with E-state index < -0.39 is 0 Å². The van der Waals surface area contributed by atoms with Crippen molar-refractivity contribution in [3.05, 3.63) is 64.5 Å². The molecule has 0 aliphatic rings. The molecule has 0 amide bonds. The molecule has 24 heavy (non-hydrogen) atoms. The predicted octanol–water partition coefficient (Wildman–Crippen LogP) is 4.28. The highest BCUT2D eigenvalue weighted by atomic mass is 35.5. The van der Waals surface area contributed by atoms with E-state index in [4.69, 9.17) is 11.6 Å². The topological polar surface area (TPSA) is 55.6 Å². The second kappa shape index (κ2) is 6.18. The molecule has 0 saturated carbocycles. The molecule has 8 heteroatoms. The third-order valence-corrected chi connectivity index (χ3v) is 4.59. The van der Waals surface area contributed by atoms with Crippen LogP contribution in [-0.4, -0.2) is 19.7 Å². The van der Waals surface area contributed by atoms with Crippen LogP contribution in [0.5, 0.6) is 0 Å². The van der Waals surface area contributed by atoms with Crippen LogP contribution in [0, 0.1) is 5.82 Å². The van der Waals surface area contributed by atoms with Crippen molar-refractivity contribution < 1.29 is 4.39 Å². The van der Waals surface area contributed by atoms with Gasteiger partial charge in [-0.15, -0.1) is 11.3 Å². The van der Waals surface area contributed by atoms with Crippen LogP contribution in [0.3, 0.4) is 0 Å². The summed E-state index contributed by atoms with van der Waals surface area (Å²) in [5, 5.41) is 8.29. The zero-order valence-electron chi connectivity index (χ0n) is 12.3. The Balaban J connectivity index is 1.71. The molecule has 4 aromatic rings. The van der Waals surface area contributed by atoms with Gasteiger partial charge in [-0.3, -0.25) is 0 Å². The molecule has 4 rings (SSSR count). The second-order valence-corrected chi connectivity index (χ2v) is 6.73. The van der Waals surface area contributed by atoms with Crippen LogP contribution in [-0.2, 0) is 6.54 Å². The molecule has 0 unspecified atom stereocenters. The second-order valence-electron chi connectivity index (χ2n) is 5.07. The summed E-state index contributed by atoms with van der Waals surface area (Å²) in [6.45, 7) is 0.512. The Morgan fingerprint density at radius 3 is 2.79 bits per heavy atom. The molecule has 1 N–H and O–H groups in total. The number of aromatic nitrogens is 4. The van der Waals surface area contributed by atoms with Crippen molar-refractivity contribution in [1.82, 2.24) is 19.7 Å². The van der Waals surface area contributed by atoms with E-state index in [-0.39, 0.29) is 5.82 Å². The lowest BCUT2D eigenvalue weighted by Gasteiger charge is -2.09. The summed E-state index contributed by atoms with van der Waals surface area (Å²) in [4.78, 5) is 9.82. The molecule has 0 aliphatic carbocycles. The Morgan fingerprint density at radius 2 is 2.04 bits per heavy atom. The number of nitrogens with zero attached hydrogens (tertiary/aromatic N) is 4. The number of rotatable bonds is 4. The first-order chi connectivity index (χ1) is 11.7. The van der Waals surface area contributed by atoms with E-state index in [1.807, 2.05) is 6.07 Å². The fourth-order valence-corrected chi connectivity index (χ4v) is 3.38. The smallest absolute Gasteiger partial charge is 0.253 e. The number of benzene rings is 1. The van der Waals surface area contributed by atoms with Crippen molar-refractivity contribution in [3.63, 3.8) is 0 Å². The quantitative estimate of drug-likeness (QED) is 0.591. The van der Waals surface area contributed by atoms with E-state index in [0.29, 0.717) is 22.6 Å². The van der Waals surface area contributed by atoms with Gasteiger partial charge in [0.25, 0.3) is 5.95 Å². The standard InChI is InChI=1S/C16H11ClFN5S/c17-13-8-12-14(19-9-10-2-4-11(18)5-3-10)21-16(22-15(12)24-13)23-7-1-6-20-23/h1-8H,9H2,(H,19,21,22). The molecule has 0 atom stereocenters. The molecule has 0 aliphatic heterocycles. The van der Waals surface area contributed by atoms with Gasteiger partial charge < -0.3 is 5.32 Å². The molecule has 0 fully saturated rings. The summed E-state index contributed by atoms with van der Waals surface area (Å²) < 4.78 is 15.2. The summed E-state index contributed by atoms with van der Waals surface area (Å²) >= 11 is 7.51. The summed E-state index contributed by atoms with van der Waals surface area (Å²) in [7, 11) is 0. The van der Waals surface area contributed by atoms with Crippen LogP contribution < -0.4 is 5.32 Å². The van der Waals surface area contributed by atoms with Gasteiger partial charge in [0.2, 0.25) is 0 Å². The van der Waals surface area contributed by atoms with Gasteiger partial charge in [-0.1, -0.05) is 23.7 Å². The Hall–Kier alpha value is -2.51. The molecule has 0 saturated heterocycles. The monoisotopic (exact) mass is 359 g/mol. The third kappa shape index (κ3) is 2.95. The minimum Gasteiger partial charge on any atom is -0.365 e. The average molecular weight is 360 g/mol. The molecular formula is C16H11ClFN5S. The third-order valence-electron chi connectivity index (χ3n) is 3.43. The highest BCUT2D eigenvalue weighted by Gasteiger charge is 2.12. The molecule has 120 valence electrons. The lowest BCUT2D eigenvalue weighted by Crippen LogP contribution is -2.07. The fourth-order valence-electron chi connectivity index (χ4n) is 2.29. The highest BCUT2D eigenvalue weighted by Crippen LogP contribution is 2.32. The molecular weight excluding hydrogens is 349 g/mol. The molecule has 0 spiro atoms. The van der Waals surface area contributed by atoms with Gasteiger partial charge >= 0.3 is 0 Å². The van der Waals surface area contributed by atoms with Gasteiger partial charge in [0.15, 0.2) is 0 Å². The number of hydrogen-bond donors (Lipinski definition) is 1. The van der Waals surface area contributed by atoms with E-state index in [1.54, 1.807) is 35.3 Å². The number of nitrogens with one attached hydrogen (secondary N) is 1. The molecule has 3 heterocycles. The molecule has 3 aromatic heterocycles. The minimum atomic E-state index is -0.256. The largest absolute Gasteiger partial charge is 0.365 e. The zero-order valence-corrected chi connectivity index (χ0v) is 13.9. The van der Waals surface area contributed by atoms with E-state index in [1.165, 1.54) is 23.5 Å². The van der Waals surface area contributed by atoms with Crippen LogP contribution in [0.15, 0.2) is 48.8 Å². The first-order valence-electron chi connectivity index (χ1n) is 7.14. The Kier molecular flexibility index (Phi) is 3.87. The van der Waals surface area contributed by atoms with Gasteiger partial charge in [0.05, 0.1) is 9.72 Å². The summed E-state index contributed by atoms with van der Waals surface area (Å²) in [6.07, 6.45) is 3.45. The maximum absolute atomic E-state index is 13.0. The summed E-state index contributed by atoms with van der Waals surface area (Å²) in [5.41, 5.74) is 0.949. The number of hydrogen-bond acceptors (Lipinski definition) is 5. The fraction of sp³-hybridized carbons (Fsp3) is 0.0625. The van der Waals surface area contributed by atoms with Crippen LogP contribution in [0.4, 0.5) is 10.2 Å². The summed E-state index contributed by atoms with van der Waals surface area (Å²) in [5.74, 6) is 0.874. The highest BCUT2D eigenvalue weighted by molar-refractivity contribution is 7.22. The number of fused-ring (bicyclic) bond motifs is 1. The van der Waals surface area contributed by atoms with Crippen molar-refractivity contribution in [2.45, 2.75) is 6.54 Å². The Morgan fingerprint density at radius 1 is 1.21 bits per heavy atom. The number of anilines is 1. The van der Waals surface area contributed by atoms with Crippen LogP contribution in [0.25, 0.3) is 16.2 Å². The van der Waals surface area contributed by atoms with Gasteiger partial charge in [-0.05, 0) is 29.8 Å². The van der Waals surface area contributed by atoms with E-state index >= 15 is 0 Å². The normalized spacial score (nSPS) is 11.1. The first kappa shape index (κ1) is 15.0. The molecule has 0 radical (unpaired) electrons. The van der Waals surface area contributed by atoms with Gasteiger partial charge in [0, 0.05) is 18.9 Å². The predicted molar refractivity (Wildman–Crippen MR) is 93.3 cm³/mol. The van der Waals surface area contributed by atoms with Crippen molar-refractivity contribution in [2.75, 3.05) is 5.32 Å². The maximum Gasteiger partial charge on any atom is 0.253 e. The van der Waals surface area contributed by atoms with Gasteiger partial charge in [0.1, 0.15) is 16.5 Å². The lowest BCUT2D eigenvalue weighted by atomic mass is 10.2. The van der Waals surface area contributed by atoms with Gasteiger partial charge in [-0.25, -0.2) is 9.07 Å². The first-order valence-corrected chi connectivity index (χ1v) is 8.34.